The molecule has 0 unspecified atom stereocenters. The van der Waals surface area contributed by atoms with Crippen LogP contribution in [0.3, 0.4) is 0 Å². The van der Waals surface area contributed by atoms with Gasteiger partial charge in [0, 0.05) is 26.2 Å². The fourth-order valence-electron chi connectivity index (χ4n) is 3.17. The number of fused-ring (bicyclic) bond motifs is 1. The maximum Gasteiger partial charge on any atom is 0.303 e. The number of carboxylic acids is 1. The maximum atomic E-state index is 10.9. The molecule has 0 amide bonds. The van der Waals surface area contributed by atoms with E-state index < -0.39 is 5.97 Å². The highest BCUT2D eigenvalue weighted by Gasteiger charge is 2.25. The van der Waals surface area contributed by atoms with Crippen LogP contribution in [0.4, 0.5) is 5.82 Å². The van der Waals surface area contributed by atoms with Gasteiger partial charge in [-0.2, -0.15) is 0 Å². The van der Waals surface area contributed by atoms with Crippen LogP contribution in [0.2, 0.25) is 0 Å². The van der Waals surface area contributed by atoms with Crippen LogP contribution in [-0.4, -0.2) is 58.7 Å². The van der Waals surface area contributed by atoms with Crippen LogP contribution in [0.15, 0.2) is 17.8 Å². The smallest absolute Gasteiger partial charge is 0.303 e. The van der Waals surface area contributed by atoms with Gasteiger partial charge in [0.2, 0.25) is 0 Å². The van der Waals surface area contributed by atoms with Crippen molar-refractivity contribution < 1.29 is 9.90 Å². The zero-order chi connectivity index (χ0) is 17.2. The Hall–Kier alpha value is -1.73. The first-order valence-corrected chi connectivity index (χ1v) is 9.20. The number of carboxylic acid groups (broad SMARTS) is 1. The fourth-order valence-corrected chi connectivity index (χ4v) is 3.90. The van der Waals surface area contributed by atoms with Crippen molar-refractivity contribution in [2.45, 2.75) is 26.7 Å². The van der Waals surface area contributed by atoms with Crippen molar-refractivity contribution in [3.05, 3.63) is 17.8 Å². The van der Waals surface area contributed by atoms with Crippen molar-refractivity contribution in [2.75, 3.05) is 37.6 Å². The molecule has 0 radical (unpaired) electrons. The summed E-state index contributed by atoms with van der Waals surface area (Å²) in [5.74, 6) is 0.320. The summed E-state index contributed by atoms with van der Waals surface area (Å²) in [7, 11) is 0. The van der Waals surface area contributed by atoms with Crippen molar-refractivity contribution in [1.82, 2.24) is 14.9 Å². The number of anilines is 1. The van der Waals surface area contributed by atoms with Crippen molar-refractivity contribution in [2.24, 2.45) is 5.41 Å². The molecular formula is C17H24N4O2S. The highest BCUT2D eigenvalue weighted by Crippen LogP contribution is 2.28. The number of hydrogen-bond donors (Lipinski definition) is 1. The van der Waals surface area contributed by atoms with E-state index in [4.69, 9.17) is 5.11 Å². The zero-order valence-corrected chi connectivity index (χ0v) is 15.1. The lowest BCUT2D eigenvalue weighted by Gasteiger charge is -2.37. The zero-order valence-electron chi connectivity index (χ0n) is 14.2. The summed E-state index contributed by atoms with van der Waals surface area (Å²) in [6.07, 6.45) is 2.78. The molecule has 1 fully saturated rings. The van der Waals surface area contributed by atoms with Crippen LogP contribution >= 0.6 is 11.3 Å². The number of carbonyl (C=O) groups is 1. The Morgan fingerprint density at radius 1 is 1.29 bits per heavy atom. The van der Waals surface area contributed by atoms with Crippen molar-refractivity contribution >= 4 is 33.3 Å². The van der Waals surface area contributed by atoms with E-state index in [2.05, 4.69) is 31.2 Å². The molecule has 3 heterocycles. The van der Waals surface area contributed by atoms with Gasteiger partial charge in [-0.3, -0.25) is 9.69 Å². The highest BCUT2D eigenvalue weighted by molar-refractivity contribution is 7.16. The molecule has 0 aliphatic carbocycles. The molecule has 0 bridgehead atoms. The quantitative estimate of drug-likeness (QED) is 0.865. The average Bonchev–Trinajstić information content (AvgIpc) is 3.01. The third-order valence-corrected chi connectivity index (χ3v) is 5.47. The Kier molecular flexibility index (Phi) is 5.01. The van der Waals surface area contributed by atoms with Gasteiger partial charge >= 0.3 is 5.97 Å². The summed E-state index contributed by atoms with van der Waals surface area (Å²) in [5.41, 5.74) is -0.154. The second kappa shape index (κ2) is 7.03. The standard InChI is InChI=1S/C17H24N4O2S/c1-17(2,11-14(22)23)4-5-20-6-8-21(9-7-20)15-13-3-10-24-16(13)19-12-18-15/h3,10,12H,4-9,11H2,1-2H3,(H,22,23). The fraction of sp³-hybridized carbons (Fsp3) is 0.588. The second-order valence-corrected chi connectivity index (χ2v) is 8.04. The number of aromatic nitrogens is 2. The molecule has 6 nitrogen and oxygen atoms in total. The number of hydrogen-bond acceptors (Lipinski definition) is 6. The van der Waals surface area contributed by atoms with Crippen LogP contribution < -0.4 is 4.90 Å². The molecule has 1 aliphatic heterocycles. The van der Waals surface area contributed by atoms with Crippen LogP contribution in [0.5, 0.6) is 0 Å². The summed E-state index contributed by atoms with van der Waals surface area (Å²) < 4.78 is 0. The molecule has 0 spiro atoms. The van der Waals surface area contributed by atoms with Gasteiger partial charge < -0.3 is 10.0 Å². The predicted molar refractivity (Wildman–Crippen MR) is 96.7 cm³/mol. The first kappa shape index (κ1) is 17.1. The number of piperazine rings is 1. The van der Waals surface area contributed by atoms with Gasteiger partial charge in [0.1, 0.15) is 17.0 Å². The molecule has 0 aromatic carbocycles. The van der Waals surface area contributed by atoms with E-state index in [1.54, 1.807) is 17.7 Å². The lowest BCUT2D eigenvalue weighted by atomic mass is 9.85. The molecular weight excluding hydrogens is 324 g/mol. The average molecular weight is 348 g/mol. The van der Waals surface area contributed by atoms with E-state index in [-0.39, 0.29) is 11.8 Å². The molecule has 0 saturated carbocycles. The Labute approximate surface area is 146 Å². The summed E-state index contributed by atoms with van der Waals surface area (Å²) in [5, 5.41) is 12.2. The monoisotopic (exact) mass is 348 g/mol. The Morgan fingerprint density at radius 3 is 2.75 bits per heavy atom. The molecule has 130 valence electrons. The van der Waals surface area contributed by atoms with Gasteiger partial charge in [0.25, 0.3) is 0 Å². The minimum absolute atomic E-state index is 0.154. The summed E-state index contributed by atoms with van der Waals surface area (Å²) in [6.45, 7) is 8.88. The van der Waals surface area contributed by atoms with E-state index in [0.717, 1.165) is 55.2 Å². The first-order valence-electron chi connectivity index (χ1n) is 8.32. The SMILES string of the molecule is CC(C)(CCN1CCN(c2ncnc3sccc23)CC1)CC(=O)O. The van der Waals surface area contributed by atoms with Crippen LogP contribution in [0, 0.1) is 5.41 Å². The second-order valence-electron chi connectivity index (χ2n) is 7.15. The molecule has 1 N–H and O–H groups in total. The van der Waals surface area contributed by atoms with Gasteiger partial charge in [-0.1, -0.05) is 13.8 Å². The lowest BCUT2D eigenvalue weighted by molar-refractivity contribution is -0.139. The maximum absolute atomic E-state index is 10.9. The molecule has 2 aromatic rings. The van der Waals surface area contributed by atoms with E-state index in [0.29, 0.717) is 0 Å². The normalized spacial score (nSPS) is 16.7. The number of rotatable bonds is 6. The molecule has 0 atom stereocenters. The van der Waals surface area contributed by atoms with Gasteiger partial charge in [0.05, 0.1) is 11.8 Å². The largest absolute Gasteiger partial charge is 0.481 e. The van der Waals surface area contributed by atoms with Gasteiger partial charge in [0.15, 0.2) is 0 Å². The van der Waals surface area contributed by atoms with Crippen molar-refractivity contribution in [1.29, 1.82) is 0 Å². The minimum atomic E-state index is -0.714. The number of thiophene rings is 1. The molecule has 7 heteroatoms. The van der Waals surface area contributed by atoms with Gasteiger partial charge in [-0.05, 0) is 29.8 Å². The van der Waals surface area contributed by atoms with Crippen molar-refractivity contribution in [3.8, 4) is 0 Å². The minimum Gasteiger partial charge on any atom is -0.481 e. The third-order valence-electron chi connectivity index (χ3n) is 4.65. The Balaban J connectivity index is 1.54. The Bertz CT molecular complexity index is 707. The molecule has 3 rings (SSSR count). The highest BCUT2D eigenvalue weighted by atomic mass is 32.1. The summed E-state index contributed by atoms with van der Waals surface area (Å²) in [4.78, 5) is 25.5. The van der Waals surface area contributed by atoms with Crippen LogP contribution in [-0.2, 0) is 4.79 Å². The molecule has 1 saturated heterocycles. The topological polar surface area (TPSA) is 69.6 Å². The van der Waals surface area contributed by atoms with Gasteiger partial charge in [-0.15, -0.1) is 11.3 Å². The molecule has 2 aromatic heterocycles. The van der Waals surface area contributed by atoms with Crippen LogP contribution in [0.1, 0.15) is 26.7 Å². The van der Waals surface area contributed by atoms with E-state index in [1.807, 2.05) is 13.8 Å². The van der Waals surface area contributed by atoms with Crippen LogP contribution in [0.25, 0.3) is 10.2 Å². The number of aliphatic carboxylic acids is 1. The number of nitrogens with zero attached hydrogens (tertiary/aromatic N) is 4. The van der Waals surface area contributed by atoms with E-state index in [1.165, 1.54) is 0 Å². The lowest BCUT2D eigenvalue weighted by Crippen LogP contribution is -2.47. The van der Waals surface area contributed by atoms with E-state index in [9.17, 15) is 4.79 Å². The molecule has 1 aliphatic rings. The predicted octanol–water partition coefficient (Wildman–Crippen LogP) is 2.70. The van der Waals surface area contributed by atoms with E-state index >= 15 is 0 Å². The summed E-state index contributed by atoms with van der Waals surface area (Å²) >= 11 is 1.65. The Morgan fingerprint density at radius 2 is 2.04 bits per heavy atom. The molecule has 24 heavy (non-hydrogen) atoms. The third kappa shape index (κ3) is 4.02. The first-order chi connectivity index (χ1) is 11.4. The van der Waals surface area contributed by atoms with Crippen molar-refractivity contribution in [3.63, 3.8) is 0 Å². The van der Waals surface area contributed by atoms with Gasteiger partial charge in [-0.25, -0.2) is 9.97 Å². The summed E-state index contributed by atoms with van der Waals surface area (Å²) in [6, 6.07) is 2.09.